The summed E-state index contributed by atoms with van der Waals surface area (Å²) in [5.41, 5.74) is 1.68. The second kappa shape index (κ2) is 5.01. The molecule has 21 heavy (non-hydrogen) atoms. The molecule has 0 atom stereocenters. The van der Waals surface area contributed by atoms with E-state index in [1.807, 2.05) is 18.2 Å². The van der Waals surface area contributed by atoms with Crippen molar-refractivity contribution in [2.24, 2.45) is 0 Å². The molecule has 0 aliphatic heterocycles. The molecule has 0 aliphatic rings. The molecule has 0 unspecified atom stereocenters. The molecule has 0 saturated heterocycles. The quantitative estimate of drug-likeness (QED) is 0.760. The minimum Gasteiger partial charge on any atom is -0.404 e. The van der Waals surface area contributed by atoms with E-state index in [9.17, 15) is 13.2 Å². The summed E-state index contributed by atoms with van der Waals surface area (Å²) in [7, 11) is 0. The Bertz CT molecular complexity index is 734. The summed E-state index contributed by atoms with van der Waals surface area (Å²) in [6.07, 6.45) is -4.74. The van der Waals surface area contributed by atoms with E-state index in [4.69, 9.17) is 0 Å². The van der Waals surface area contributed by atoms with E-state index in [1.165, 1.54) is 18.2 Å². The highest BCUT2D eigenvalue weighted by Gasteiger charge is 2.32. The van der Waals surface area contributed by atoms with Gasteiger partial charge in [0.1, 0.15) is 0 Å². The van der Waals surface area contributed by atoms with E-state index in [0.717, 1.165) is 5.52 Å². The van der Waals surface area contributed by atoms with Crippen LogP contribution in [0.25, 0.3) is 11.0 Å². The van der Waals surface area contributed by atoms with Crippen LogP contribution in [-0.4, -0.2) is 16.3 Å². The third-order valence-corrected chi connectivity index (χ3v) is 2.76. The van der Waals surface area contributed by atoms with Crippen molar-refractivity contribution >= 4 is 22.7 Å². The molecule has 1 aromatic heterocycles. The maximum absolute atomic E-state index is 12.4. The van der Waals surface area contributed by atoms with Crippen LogP contribution in [0.15, 0.2) is 48.5 Å². The van der Waals surface area contributed by atoms with Crippen LogP contribution in [0.3, 0.4) is 0 Å². The molecule has 0 fully saturated rings. The number of ether oxygens (including phenoxy) is 1. The van der Waals surface area contributed by atoms with Crippen molar-refractivity contribution in [2.75, 3.05) is 5.32 Å². The number of fused-ring (bicyclic) bond motifs is 1. The number of hydrogen-bond donors (Lipinski definition) is 2. The van der Waals surface area contributed by atoms with Crippen LogP contribution in [0.5, 0.6) is 5.75 Å². The Morgan fingerprint density at radius 1 is 1.00 bits per heavy atom. The minimum absolute atomic E-state index is 0.175. The van der Waals surface area contributed by atoms with E-state index >= 15 is 0 Å². The van der Waals surface area contributed by atoms with Gasteiger partial charge >= 0.3 is 6.36 Å². The van der Waals surface area contributed by atoms with Gasteiger partial charge in [-0.25, -0.2) is 4.98 Å². The maximum atomic E-state index is 12.4. The number of aromatic amines is 1. The number of benzene rings is 2. The van der Waals surface area contributed by atoms with E-state index < -0.39 is 6.36 Å². The summed E-state index contributed by atoms with van der Waals surface area (Å²) in [5.74, 6) is 0.0277. The Kier molecular flexibility index (Phi) is 3.17. The summed E-state index contributed by atoms with van der Waals surface area (Å²) >= 11 is 0. The molecule has 7 heteroatoms. The van der Waals surface area contributed by atoms with Crippen molar-refractivity contribution in [3.8, 4) is 5.75 Å². The highest BCUT2D eigenvalue weighted by molar-refractivity contribution is 5.78. The molecule has 4 nitrogen and oxygen atoms in total. The zero-order valence-corrected chi connectivity index (χ0v) is 10.6. The average molecular weight is 293 g/mol. The van der Waals surface area contributed by atoms with Crippen molar-refractivity contribution in [1.82, 2.24) is 9.97 Å². The first-order valence-electron chi connectivity index (χ1n) is 6.08. The van der Waals surface area contributed by atoms with Crippen LogP contribution < -0.4 is 10.1 Å². The lowest BCUT2D eigenvalue weighted by atomic mass is 10.3. The van der Waals surface area contributed by atoms with Crippen LogP contribution in [0.1, 0.15) is 0 Å². The molecule has 0 saturated carbocycles. The van der Waals surface area contributed by atoms with Crippen molar-refractivity contribution in [3.63, 3.8) is 0 Å². The predicted molar refractivity (Wildman–Crippen MR) is 72.5 cm³/mol. The number of H-pyrrole nitrogens is 1. The number of nitrogens with one attached hydrogen (secondary N) is 2. The van der Waals surface area contributed by atoms with Crippen molar-refractivity contribution in [3.05, 3.63) is 48.5 Å². The van der Waals surface area contributed by atoms with Crippen LogP contribution >= 0.6 is 0 Å². The Labute approximate surface area is 117 Å². The van der Waals surface area contributed by atoms with E-state index in [1.54, 1.807) is 12.1 Å². The lowest BCUT2D eigenvalue weighted by Crippen LogP contribution is -2.17. The molecule has 0 aliphatic carbocycles. The van der Waals surface area contributed by atoms with Crippen LogP contribution in [-0.2, 0) is 0 Å². The molecule has 0 amide bonds. The number of hydrogen-bond acceptors (Lipinski definition) is 3. The van der Waals surface area contributed by atoms with Gasteiger partial charge in [-0.2, -0.15) is 0 Å². The van der Waals surface area contributed by atoms with Gasteiger partial charge in [-0.3, -0.25) is 0 Å². The second-order valence-electron chi connectivity index (χ2n) is 4.27. The van der Waals surface area contributed by atoms with Gasteiger partial charge in [0.25, 0.3) is 0 Å². The highest BCUT2D eigenvalue weighted by Crippen LogP contribution is 2.31. The summed E-state index contributed by atoms with van der Waals surface area (Å²) in [6, 6.07) is 13.1. The fourth-order valence-corrected chi connectivity index (χ4v) is 1.92. The van der Waals surface area contributed by atoms with Crippen LogP contribution in [0.4, 0.5) is 24.8 Å². The van der Waals surface area contributed by atoms with E-state index in [0.29, 0.717) is 11.5 Å². The van der Waals surface area contributed by atoms with Gasteiger partial charge in [0.2, 0.25) is 5.95 Å². The highest BCUT2D eigenvalue weighted by atomic mass is 19.4. The molecule has 2 N–H and O–H groups in total. The zero-order valence-electron chi connectivity index (χ0n) is 10.6. The zero-order chi connectivity index (χ0) is 14.9. The van der Waals surface area contributed by atoms with E-state index in [-0.39, 0.29) is 11.4 Å². The first-order chi connectivity index (χ1) is 10.0. The number of aromatic nitrogens is 2. The smallest absolute Gasteiger partial charge is 0.404 e. The average Bonchev–Trinajstić information content (AvgIpc) is 2.81. The Hall–Kier alpha value is -2.70. The molecule has 3 rings (SSSR count). The van der Waals surface area contributed by atoms with Gasteiger partial charge in [-0.15, -0.1) is 13.2 Å². The summed E-state index contributed by atoms with van der Waals surface area (Å²) in [4.78, 5) is 7.22. The summed E-state index contributed by atoms with van der Waals surface area (Å²) < 4.78 is 41.0. The first kappa shape index (κ1) is 13.3. The Balaban J connectivity index is 1.90. The molecular formula is C14H10F3N3O. The number of halogens is 3. The van der Waals surface area contributed by atoms with Gasteiger partial charge in [-0.05, 0) is 24.3 Å². The second-order valence-corrected chi connectivity index (χ2v) is 4.27. The molecule has 0 radical (unpaired) electrons. The largest absolute Gasteiger partial charge is 0.573 e. The van der Waals surface area contributed by atoms with Gasteiger partial charge < -0.3 is 15.0 Å². The van der Waals surface area contributed by atoms with Crippen LogP contribution in [0, 0.1) is 0 Å². The molecule has 108 valence electrons. The molecule has 0 bridgehead atoms. The van der Waals surface area contributed by atoms with E-state index in [2.05, 4.69) is 20.0 Å². The molecule has 2 aromatic carbocycles. The minimum atomic E-state index is -4.74. The van der Waals surface area contributed by atoms with Gasteiger partial charge in [0.15, 0.2) is 5.75 Å². The Morgan fingerprint density at radius 3 is 2.48 bits per heavy atom. The van der Waals surface area contributed by atoms with Crippen molar-refractivity contribution in [1.29, 1.82) is 0 Å². The normalized spacial score (nSPS) is 11.6. The Morgan fingerprint density at radius 2 is 1.71 bits per heavy atom. The molecular weight excluding hydrogens is 283 g/mol. The topological polar surface area (TPSA) is 49.9 Å². The molecule has 1 heterocycles. The number of nitrogens with zero attached hydrogens (tertiary/aromatic N) is 1. The van der Waals surface area contributed by atoms with Crippen molar-refractivity contribution in [2.45, 2.75) is 6.36 Å². The van der Waals surface area contributed by atoms with Gasteiger partial charge in [0.05, 0.1) is 16.7 Å². The fourth-order valence-electron chi connectivity index (χ4n) is 1.92. The number of alkyl halides is 3. The number of rotatable bonds is 3. The third-order valence-electron chi connectivity index (χ3n) is 2.76. The summed E-state index contributed by atoms with van der Waals surface area (Å²) in [5, 5.41) is 2.79. The first-order valence-corrected chi connectivity index (χ1v) is 6.08. The van der Waals surface area contributed by atoms with Gasteiger partial charge in [0, 0.05) is 0 Å². The summed E-state index contributed by atoms with van der Waals surface area (Å²) in [6.45, 7) is 0. The monoisotopic (exact) mass is 293 g/mol. The lowest BCUT2D eigenvalue weighted by Gasteiger charge is -2.13. The SMILES string of the molecule is FC(F)(F)Oc1ccccc1Nc1nc2ccccc2[nH]1. The van der Waals surface area contributed by atoms with Crippen LogP contribution in [0.2, 0.25) is 0 Å². The van der Waals surface area contributed by atoms with Crippen molar-refractivity contribution < 1.29 is 17.9 Å². The third kappa shape index (κ3) is 3.07. The number of anilines is 2. The lowest BCUT2D eigenvalue weighted by molar-refractivity contribution is -0.274. The van der Waals surface area contributed by atoms with Gasteiger partial charge in [-0.1, -0.05) is 24.3 Å². The fraction of sp³-hybridized carbons (Fsp3) is 0.0714. The number of imidazole rings is 1. The molecule has 0 spiro atoms. The maximum Gasteiger partial charge on any atom is 0.573 e. The molecule has 3 aromatic rings. The number of para-hydroxylation sites is 4. The predicted octanol–water partition coefficient (Wildman–Crippen LogP) is 4.21. The standard InChI is InChI=1S/C14H10F3N3O/c15-14(16,17)21-12-8-4-3-7-11(12)20-13-18-9-5-1-2-6-10(9)19-13/h1-8H,(H2,18,19,20).